The van der Waals surface area contributed by atoms with Crippen molar-refractivity contribution in [2.45, 2.75) is 6.92 Å². The van der Waals surface area contributed by atoms with Crippen molar-refractivity contribution in [1.29, 1.82) is 0 Å². The Labute approximate surface area is 69.1 Å². The van der Waals surface area contributed by atoms with Crippen molar-refractivity contribution in [3.05, 3.63) is 35.3 Å². The molecule has 0 spiro atoms. The summed E-state index contributed by atoms with van der Waals surface area (Å²) in [5, 5.41) is 0. The predicted octanol–water partition coefficient (Wildman–Crippen LogP) is 3.01. The molecule has 2 heteroatoms. The monoisotopic (exact) mass is 199 g/mol. The first-order valence-corrected chi connectivity index (χ1v) is 3.82. The summed E-state index contributed by atoms with van der Waals surface area (Å²) in [5.74, 6) is 0.866. The zero-order valence-corrected chi connectivity index (χ0v) is 7.26. The van der Waals surface area contributed by atoms with E-state index >= 15 is 0 Å². The quantitative estimate of drug-likeness (QED) is 0.712. The van der Waals surface area contributed by atoms with E-state index in [0.717, 1.165) is 10.2 Å². The number of halogens is 1. The van der Waals surface area contributed by atoms with Crippen LogP contribution < -0.4 is 4.74 Å². The summed E-state index contributed by atoms with van der Waals surface area (Å²) in [6.07, 6.45) is 0. The number of hydrogen-bond acceptors (Lipinski definition) is 1. The summed E-state index contributed by atoms with van der Waals surface area (Å²) in [4.78, 5) is 0. The average molecular weight is 200 g/mol. The summed E-state index contributed by atoms with van der Waals surface area (Å²) in [6, 6.07) is 7.70. The summed E-state index contributed by atoms with van der Waals surface area (Å²) in [6.45, 7) is 3.51. The summed E-state index contributed by atoms with van der Waals surface area (Å²) in [7, 11) is 0. The first kappa shape index (κ1) is 7.61. The third-order valence-corrected chi connectivity index (χ3v) is 1.60. The fraction of sp³-hybridized carbons (Fsp3) is 0.125. The minimum Gasteiger partial charge on any atom is -0.487 e. The van der Waals surface area contributed by atoms with Gasteiger partial charge >= 0.3 is 0 Å². The molecule has 0 fully saturated rings. The smallest absolute Gasteiger partial charge is 0.132 e. The average Bonchev–Trinajstić information content (AvgIpc) is 1.95. The SMILES string of the molecule is C[CH]Oc1ccc(Br)cc1. The molecule has 0 aliphatic heterocycles. The molecule has 0 N–H and O–H groups in total. The van der Waals surface area contributed by atoms with Crippen molar-refractivity contribution >= 4 is 15.9 Å². The van der Waals surface area contributed by atoms with Gasteiger partial charge in [-0.2, -0.15) is 0 Å². The van der Waals surface area contributed by atoms with Crippen LogP contribution in [-0.2, 0) is 0 Å². The van der Waals surface area contributed by atoms with Crippen molar-refractivity contribution in [1.82, 2.24) is 0 Å². The summed E-state index contributed by atoms with van der Waals surface area (Å²) < 4.78 is 6.18. The molecule has 0 saturated heterocycles. The zero-order chi connectivity index (χ0) is 7.40. The van der Waals surface area contributed by atoms with E-state index in [1.807, 2.05) is 31.2 Å². The maximum absolute atomic E-state index is 5.12. The lowest BCUT2D eigenvalue weighted by Crippen LogP contribution is -1.83. The normalized spacial score (nSPS) is 9.40. The van der Waals surface area contributed by atoms with E-state index in [9.17, 15) is 0 Å². The molecule has 0 bridgehead atoms. The fourth-order valence-electron chi connectivity index (χ4n) is 0.649. The van der Waals surface area contributed by atoms with Gasteiger partial charge in [-0.15, -0.1) is 0 Å². The zero-order valence-electron chi connectivity index (χ0n) is 5.67. The van der Waals surface area contributed by atoms with Crippen molar-refractivity contribution in [2.24, 2.45) is 0 Å². The summed E-state index contributed by atoms with van der Waals surface area (Å²) >= 11 is 3.33. The Morgan fingerprint density at radius 2 is 1.90 bits per heavy atom. The van der Waals surface area contributed by atoms with Crippen LogP contribution >= 0.6 is 15.9 Å². The Bertz CT molecular complexity index is 193. The molecule has 1 rings (SSSR count). The van der Waals surface area contributed by atoms with Gasteiger partial charge in [0.15, 0.2) is 0 Å². The highest BCUT2D eigenvalue weighted by Gasteiger charge is 1.89. The third kappa shape index (κ3) is 2.03. The second-order valence-electron chi connectivity index (χ2n) is 1.81. The highest BCUT2D eigenvalue weighted by molar-refractivity contribution is 9.10. The van der Waals surface area contributed by atoms with Crippen LogP contribution in [0.15, 0.2) is 28.7 Å². The lowest BCUT2D eigenvalue weighted by molar-refractivity contribution is 0.416. The standard InChI is InChI=1S/C8H8BrO/c1-2-10-8-5-3-7(9)4-6-8/h2-6H,1H3. The van der Waals surface area contributed by atoms with Gasteiger partial charge in [0, 0.05) is 4.47 Å². The third-order valence-electron chi connectivity index (χ3n) is 1.07. The number of ether oxygens (including phenoxy) is 1. The Morgan fingerprint density at radius 1 is 1.30 bits per heavy atom. The van der Waals surface area contributed by atoms with Gasteiger partial charge in [0.1, 0.15) is 12.4 Å². The van der Waals surface area contributed by atoms with Crippen LogP contribution in [0, 0.1) is 6.61 Å². The molecule has 1 aromatic carbocycles. The number of benzene rings is 1. The fourth-order valence-corrected chi connectivity index (χ4v) is 0.914. The van der Waals surface area contributed by atoms with Gasteiger partial charge in [-0.1, -0.05) is 15.9 Å². The van der Waals surface area contributed by atoms with Crippen LogP contribution in [-0.4, -0.2) is 0 Å². The molecule has 0 amide bonds. The maximum atomic E-state index is 5.12. The Kier molecular flexibility index (Phi) is 2.75. The second kappa shape index (κ2) is 3.62. The molecule has 0 unspecified atom stereocenters. The van der Waals surface area contributed by atoms with Gasteiger partial charge in [0.25, 0.3) is 0 Å². The Morgan fingerprint density at radius 3 is 2.40 bits per heavy atom. The van der Waals surface area contributed by atoms with E-state index in [4.69, 9.17) is 4.74 Å². The second-order valence-corrected chi connectivity index (χ2v) is 2.72. The molecule has 1 radical (unpaired) electrons. The molecule has 0 aromatic heterocycles. The molecule has 0 aliphatic rings. The molecule has 0 aliphatic carbocycles. The van der Waals surface area contributed by atoms with Crippen LogP contribution in [0.2, 0.25) is 0 Å². The molecule has 0 saturated carbocycles. The Hall–Kier alpha value is -0.500. The van der Waals surface area contributed by atoms with E-state index < -0.39 is 0 Å². The first-order chi connectivity index (χ1) is 4.83. The maximum Gasteiger partial charge on any atom is 0.132 e. The highest BCUT2D eigenvalue weighted by Crippen LogP contribution is 2.16. The first-order valence-electron chi connectivity index (χ1n) is 3.03. The molecular formula is C8H8BrO. The number of hydrogen-bond donors (Lipinski definition) is 0. The van der Waals surface area contributed by atoms with Gasteiger partial charge < -0.3 is 4.74 Å². The van der Waals surface area contributed by atoms with E-state index in [-0.39, 0.29) is 0 Å². The lowest BCUT2D eigenvalue weighted by Gasteiger charge is -1.99. The van der Waals surface area contributed by atoms with Crippen molar-refractivity contribution < 1.29 is 4.74 Å². The summed E-state index contributed by atoms with van der Waals surface area (Å²) in [5.41, 5.74) is 0. The highest BCUT2D eigenvalue weighted by atomic mass is 79.9. The molecule has 0 atom stereocenters. The Balaban J connectivity index is 2.69. The molecule has 1 aromatic rings. The topological polar surface area (TPSA) is 9.23 Å². The van der Waals surface area contributed by atoms with E-state index in [1.165, 1.54) is 0 Å². The van der Waals surface area contributed by atoms with Crippen LogP contribution in [0.4, 0.5) is 0 Å². The number of rotatable bonds is 2. The molecule has 1 nitrogen and oxygen atoms in total. The van der Waals surface area contributed by atoms with Crippen LogP contribution in [0.5, 0.6) is 5.75 Å². The van der Waals surface area contributed by atoms with Crippen molar-refractivity contribution in [3.63, 3.8) is 0 Å². The molecular weight excluding hydrogens is 192 g/mol. The van der Waals surface area contributed by atoms with Gasteiger partial charge in [-0.05, 0) is 31.2 Å². The van der Waals surface area contributed by atoms with Crippen LogP contribution in [0.3, 0.4) is 0 Å². The molecule has 53 valence electrons. The minimum absolute atomic E-state index is 0.866. The van der Waals surface area contributed by atoms with Gasteiger partial charge in [0.05, 0.1) is 0 Å². The van der Waals surface area contributed by atoms with Gasteiger partial charge in [-0.25, -0.2) is 0 Å². The predicted molar refractivity (Wildman–Crippen MR) is 44.7 cm³/mol. The van der Waals surface area contributed by atoms with Crippen LogP contribution in [0.25, 0.3) is 0 Å². The lowest BCUT2D eigenvalue weighted by atomic mass is 10.3. The largest absolute Gasteiger partial charge is 0.487 e. The minimum atomic E-state index is 0.866. The van der Waals surface area contributed by atoms with E-state index in [0.29, 0.717) is 0 Å². The molecule has 0 heterocycles. The van der Waals surface area contributed by atoms with Crippen molar-refractivity contribution in [3.8, 4) is 5.75 Å². The van der Waals surface area contributed by atoms with E-state index in [1.54, 1.807) is 6.61 Å². The van der Waals surface area contributed by atoms with E-state index in [2.05, 4.69) is 15.9 Å². The van der Waals surface area contributed by atoms with Gasteiger partial charge in [0.2, 0.25) is 0 Å². The van der Waals surface area contributed by atoms with Crippen molar-refractivity contribution in [2.75, 3.05) is 0 Å². The molecule has 10 heavy (non-hydrogen) atoms. The van der Waals surface area contributed by atoms with Crippen LogP contribution in [0.1, 0.15) is 6.92 Å². The van der Waals surface area contributed by atoms with Gasteiger partial charge in [-0.3, -0.25) is 0 Å².